The van der Waals surface area contributed by atoms with Crippen LogP contribution in [0.3, 0.4) is 0 Å². The number of ether oxygens (including phenoxy) is 2. The van der Waals surface area contributed by atoms with E-state index < -0.39 is 0 Å². The van der Waals surface area contributed by atoms with Crippen LogP contribution in [-0.4, -0.2) is 36.7 Å². The molecule has 5 nitrogen and oxygen atoms in total. The average molecular weight is 272 g/mol. The summed E-state index contributed by atoms with van der Waals surface area (Å²) in [6.45, 7) is 3.93. The predicted molar refractivity (Wildman–Crippen MR) is 78.7 cm³/mol. The molecule has 0 saturated carbocycles. The van der Waals surface area contributed by atoms with Gasteiger partial charge in [-0.25, -0.2) is 9.72 Å². The van der Waals surface area contributed by atoms with Crippen LogP contribution >= 0.6 is 0 Å². The van der Waals surface area contributed by atoms with E-state index in [2.05, 4.69) is 11.6 Å². The minimum Gasteiger partial charge on any atom is -0.624 e. The molecule has 2 rings (SSSR count). The Morgan fingerprint density at radius 3 is 2.85 bits per heavy atom. The van der Waals surface area contributed by atoms with Crippen LogP contribution in [0.15, 0.2) is 36.9 Å². The van der Waals surface area contributed by atoms with E-state index >= 15 is 0 Å². The maximum absolute atomic E-state index is 11.2. The fraction of sp³-hybridized carbons (Fsp3) is 0.200. The third-order valence-corrected chi connectivity index (χ3v) is 2.67. The maximum Gasteiger partial charge on any atom is 0.227 e. The van der Waals surface area contributed by atoms with Crippen molar-refractivity contribution in [1.82, 2.24) is 4.98 Å². The molecule has 1 heterocycles. The van der Waals surface area contributed by atoms with Crippen LogP contribution in [0.25, 0.3) is 10.9 Å². The molecule has 0 aliphatic heterocycles. The molecule has 1 aromatic heterocycles. The normalized spacial score (nSPS) is 11.4. The molecule has 0 unspecified atom stereocenters. The molecule has 2 aromatic rings. The summed E-state index contributed by atoms with van der Waals surface area (Å²) >= 11 is 0. The van der Waals surface area contributed by atoms with Gasteiger partial charge < -0.3 is 14.7 Å². The zero-order valence-corrected chi connectivity index (χ0v) is 11.5. The molecule has 0 radical (unpaired) electrons. The number of nitrogens with zero attached hydrogens (tertiary/aromatic N) is 2. The molecular weight excluding hydrogens is 256 g/mol. The molecule has 5 heteroatoms. The summed E-state index contributed by atoms with van der Waals surface area (Å²) in [7, 11) is 3.02. The molecule has 0 N–H and O–H groups in total. The Balaban J connectivity index is 2.57. The van der Waals surface area contributed by atoms with Crippen molar-refractivity contribution in [3.05, 3.63) is 47.7 Å². The Morgan fingerprint density at radius 1 is 1.40 bits per heavy atom. The fourth-order valence-corrected chi connectivity index (χ4v) is 1.82. The lowest BCUT2D eigenvalue weighted by molar-refractivity contribution is -0.416. The second-order valence-electron chi connectivity index (χ2n) is 4.22. The highest BCUT2D eigenvalue weighted by atomic mass is 16.5. The summed E-state index contributed by atoms with van der Waals surface area (Å²) in [4.78, 5) is 4.42. The predicted octanol–water partition coefficient (Wildman–Crippen LogP) is 2.37. The van der Waals surface area contributed by atoms with Gasteiger partial charge in [-0.1, -0.05) is 12.7 Å². The van der Waals surface area contributed by atoms with E-state index in [1.807, 2.05) is 24.3 Å². The monoisotopic (exact) mass is 272 g/mol. The molecule has 0 amide bonds. The molecule has 0 atom stereocenters. The lowest BCUT2D eigenvalue weighted by atomic mass is 10.1. The molecule has 0 aliphatic rings. The Hall–Kier alpha value is -2.56. The van der Waals surface area contributed by atoms with Gasteiger partial charge in [0.05, 0.1) is 12.6 Å². The van der Waals surface area contributed by atoms with Crippen molar-refractivity contribution in [3.63, 3.8) is 0 Å². The standard InChI is InChI=1S/C15H16N2O3/c1-4-7-20-15-12(10-17(2)18)8-11-9-13(19-3)5-6-14(11)16-15/h4-6,8-10H,1,7H2,2-3H3/b17-10+. The first-order valence-electron chi connectivity index (χ1n) is 6.11. The van der Waals surface area contributed by atoms with Crippen molar-refractivity contribution in [1.29, 1.82) is 0 Å². The van der Waals surface area contributed by atoms with Crippen molar-refractivity contribution in [2.75, 3.05) is 20.8 Å². The van der Waals surface area contributed by atoms with Gasteiger partial charge in [0.1, 0.15) is 25.0 Å². The number of hydrogen-bond donors (Lipinski definition) is 0. The Morgan fingerprint density at radius 2 is 2.20 bits per heavy atom. The number of hydrogen-bond acceptors (Lipinski definition) is 4. The van der Waals surface area contributed by atoms with Gasteiger partial charge in [0, 0.05) is 5.39 Å². The van der Waals surface area contributed by atoms with Crippen LogP contribution in [0.2, 0.25) is 0 Å². The highest BCUT2D eigenvalue weighted by Crippen LogP contribution is 2.24. The van der Waals surface area contributed by atoms with Crippen molar-refractivity contribution >= 4 is 17.1 Å². The van der Waals surface area contributed by atoms with Crippen LogP contribution < -0.4 is 9.47 Å². The van der Waals surface area contributed by atoms with E-state index in [1.54, 1.807) is 13.2 Å². The fourth-order valence-electron chi connectivity index (χ4n) is 1.82. The Labute approximate surface area is 117 Å². The highest BCUT2D eigenvalue weighted by molar-refractivity contribution is 5.89. The van der Waals surface area contributed by atoms with Crippen molar-refractivity contribution in [2.45, 2.75) is 0 Å². The lowest BCUT2D eigenvalue weighted by Crippen LogP contribution is -2.04. The zero-order valence-electron chi connectivity index (χ0n) is 11.5. The minimum atomic E-state index is 0.331. The number of aromatic nitrogens is 1. The molecule has 0 saturated heterocycles. The molecule has 0 aliphatic carbocycles. The second kappa shape index (κ2) is 6.06. The first kappa shape index (κ1) is 13.9. The van der Waals surface area contributed by atoms with Gasteiger partial charge in [0.15, 0.2) is 6.21 Å². The zero-order chi connectivity index (χ0) is 14.5. The van der Waals surface area contributed by atoms with Gasteiger partial charge in [-0.05, 0) is 24.3 Å². The molecule has 0 bridgehead atoms. The lowest BCUT2D eigenvalue weighted by Gasteiger charge is -2.08. The van der Waals surface area contributed by atoms with Crippen LogP contribution in [0.5, 0.6) is 11.6 Å². The number of methoxy groups -OCH3 is 1. The summed E-state index contributed by atoms with van der Waals surface area (Å²) < 4.78 is 11.4. The Bertz CT molecular complexity index is 661. The van der Waals surface area contributed by atoms with Gasteiger partial charge in [0.25, 0.3) is 0 Å². The number of pyridine rings is 1. The minimum absolute atomic E-state index is 0.331. The summed E-state index contributed by atoms with van der Waals surface area (Å²) in [6, 6.07) is 7.38. The smallest absolute Gasteiger partial charge is 0.227 e. The van der Waals surface area contributed by atoms with Crippen LogP contribution in [-0.2, 0) is 0 Å². The highest BCUT2D eigenvalue weighted by Gasteiger charge is 2.09. The number of fused-ring (bicyclic) bond motifs is 1. The molecule has 0 spiro atoms. The topological polar surface area (TPSA) is 57.4 Å². The van der Waals surface area contributed by atoms with Gasteiger partial charge in [-0.3, -0.25) is 0 Å². The number of rotatable bonds is 5. The van der Waals surface area contributed by atoms with Crippen molar-refractivity contribution in [2.24, 2.45) is 0 Å². The van der Waals surface area contributed by atoms with Gasteiger partial charge in [-0.15, -0.1) is 0 Å². The van der Waals surface area contributed by atoms with E-state index in [-0.39, 0.29) is 0 Å². The summed E-state index contributed by atoms with van der Waals surface area (Å²) in [6.07, 6.45) is 3.05. The molecule has 20 heavy (non-hydrogen) atoms. The van der Waals surface area contributed by atoms with Gasteiger partial charge >= 0.3 is 0 Å². The summed E-state index contributed by atoms with van der Waals surface area (Å²) in [5, 5.41) is 12.1. The summed E-state index contributed by atoms with van der Waals surface area (Å²) in [5.41, 5.74) is 1.39. The molecular formula is C15H16N2O3. The average Bonchev–Trinajstić information content (AvgIpc) is 2.43. The van der Waals surface area contributed by atoms with E-state index in [0.29, 0.717) is 22.8 Å². The molecule has 0 fully saturated rings. The van der Waals surface area contributed by atoms with E-state index in [1.165, 1.54) is 13.3 Å². The number of benzene rings is 1. The molecule has 104 valence electrons. The summed E-state index contributed by atoms with van der Waals surface area (Å²) in [5.74, 6) is 1.14. The number of hydroxylamine groups is 1. The van der Waals surface area contributed by atoms with Gasteiger partial charge in [-0.2, -0.15) is 0 Å². The quantitative estimate of drug-likeness (QED) is 0.276. The second-order valence-corrected chi connectivity index (χ2v) is 4.22. The first-order valence-corrected chi connectivity index (χ1v) is 6.11. The van der Waals surface area contributed by atoms with E-state index in [0.717, 1.165) is 16.7 Å². The van der Waals surface area contributed by atoms with Gasteiger partial charge in [0.2, 0.25) is 5.88 Å². The third-order valence-electron chi connectivity index (χ3n) is 2.67. The largest absolute Gasteiger partial charge is 0.624 e. The van der Waals surface area contributed by atoms with E-state index in [4.69, 9.17) is 9.47 Å². The van der Waals surface area contributed by atoms with Crippen LogP contribution in [0.1, 0.15) is 5.56 Å². The third kappa shape index (κ3) is 3.06. The van der Waals surface area contributed by atoms with Crippen molar-refractivity contribution in [3.8, 4) is 11.6 Å². The Kier molecular flexibility index (Phi) is 4.20. The van der Waals surface area contributed by atoms with Crippen LogP contribution in [0.4, 0.5) is 0 Å². The SMILES string of the molecule is C=CCOc1nc2ccc(OC)cc2cc1/C=[N+](\C)[O-]. The van der Waals surface area contributed by atoms with E-state index in [9.17, 15) is 5.21 Å². The van der Waals surface area contributed by atoms with Crippen molar-refractivity contribution < 1.29 is 14.2 Å². The maximum atomic E-state index is 11.2. The molecule has 1 aromatic carbocycles. The first-order chi connectivity index (χ1) is 9.63. The van der Waals surface area contributed by atoms with Crippen LogP contribution in [0, 0.1) is 5.21 Å².